The van der Waals surface area contributed by atoms with E-state index in [9.17, 15) is 9.59 Å². The van der Waals surface area contributed by atoms with E-state index in [-0.39, 0.29) is 17.7 Å². The van der Waals surface area contributed by atoms with Crippen molar-refractivity contribution >= 4 is 55.0 Å². The molecule has 1 saturated heterocycles. The maximum atomic E-state index is 12.3. The Morgan fingerprint density at radius 2 is 2.00 bits per heavy atom. The average molecular weight is 410 g/mol. The molecular formula is C12H14Br2N2O2S. The fraction of sp³-hybridized carbons (Fsp3) is 0.500. The first kappa shape index (κ1) is 15.0. The topological polar surface area (TPSA) is 49.4 Å². The van der Waals surface area contributed by atoms with Gasteiger partial charge in [0, 0.05) is 30.5 Å². The zero-order valence-corrected chi connectivity index (χ0v) is 14.4. The largest absolute Gasteiger partial charge is 0.359 e. The second-order valence-electron chi connectivity index (χ2n) is 4.41. The van der Waals surface area contributed by atoms with E-state index in [1.54, 1.807) is 7.05 Å². The molecule has 0 unspecified atom stereocenters. The normalized spacial score (nSPS) is 16.5. The molecule has 0 aromatic carbocycles. The van der Waals surface area contributed by atoms with Gasteiger partial charge in [-0.05, 0) is 50.8 Å². The van der Waals surface area contributed by atoms with Crippen molar-refractivity contribution in [2.45, 2.75) is 12.8 Å². The SMILES string of the molecule is CNC(=O)C1CCN(C(=O)c2cc(Br)c(Br)s2)CC1. The van der Waals surface area contributed by atoms with Crippen LogP contribution in [0, 0.1) is 5.92 Å². The standard InChI is InChI=1S/C12H14Br2N2O2S/c1-15-11(17)7-2-4-16(5-3-7)12(18)9-6-8(13)10(14)19-9/h6-7H,2-5H2,1H3,(H,15,17). The Kier molecular flexibility index (Phi) is 5.03. The summed E-state index contributed by atoms with van der Waals surface area (Å²) in [6.45, 7) is 1.29. The van der Waals surface area contributed by atoms with Gasteiger partial charge in [0.25, 0.3) is 5.91 Å². The van der Waals surface area contributed by atoms with Gasteiger partial charge in [0.2, 0.25) is 5.91 Å². The molecule has 19 heavy (non-hydrogen) atoms. The first-order valence-corrected chi connectivity index (χ1v) is 8.39. The number of nitrogens with zero attached hydrogens (tertiary/aromatic N) is 1. The number of carbonyl (C=O) groups excluding carboxylic acids is 2. The molecule has 1 N–H and O–H groups in total. The average Bonchev–Trinajstić information content (AvgIpc) is 2.77. The van der Waals surface area contributed by atoms with Gasteiger partial charge in [-0.3, -0.25) is 9.59 Å². The number of carbonyl (C=O) groups is 2. The molecule has 0 aliphatic carbocycles. The number of rotatable bonds is 2. The number of amides is 2. The van der Waals surface area contributed by atoms with Crippen molar-refractivity contribution in [3.63, 3.8) is 0 Å². The van der Waals surface area contributed by atoms with Gasteiger partial charge < -0.3 is 10.2 Å². The van der Waals surface area contributed by atoms with E-state index < -0.39 is 0 Å². The highest BCUT2D eigenvalue weighted by Gasteiger charge is 2.28. The Morgan fingerprint density at radius 3 is 2.47 bits per heavy atom. The lowest BCUT2D eigenvalue weighted by Gasteiger charge is -2.30. The highest BCUT2D eigenvalue weighted by Crippen LogP contribution is 2.33. The summed E-state index contributed by atoms with van der Waals surface area (Å²) in [6.07, 6.45) is 1.47. The smallest absolute Gasteiger partial charge is 0.264 e. The van der Waals surface area contributed by atoms with Crippen LogP contribution in [0.25, 0.3) is 0 Å². The lowest BCUT2D eigenvalue weighted by atomic mass is 9.96. The lowest BCUT2D eigenvalue weighted by molar-refractivity contribution is -0.125. The van der Waals surface area contributed by atoms with Crippen LogP contribution in [0.1, 0.15) is 22.5 Å². The van der Waals surface area contributed by atoms with E-state index in [1.807, 2.05) is 11.0 Å². The molecular weight excluding hydrogens is 396 g/mol. The van der Waals surface area contributed by atoms with Gasteiger partial charge in [-0.1, -0.05) is 0 Å². The minimum Gasteiger partial charge on any atom is -0.359 e. The summed E-state index contributed by atoms with van der Waals surface area (Å²) in [5.41, 5.74) is 0. The van der Waals surface area contributed by atoms with Gasteiger partial charge in [-0.15, -0.1) is 11.3 Å². The molecule has 4 nitrogen and oxygen atoms in total. The van der Waals surface area contributed by atoms with Gasteiger partial charge >= 0.3 is 0 Å². The van der Waals surface area contributed by atoms with Crippen molar-refractivity contribution in [3.8, 4) is 0 Å². The molecule has 1 aliphatic heterocycles. The van der Waals surface area contributed by atoms with Crippen molar-refractivity contribution < 1.29 is 9.59 Å². The molecule has 1 fully saturated rings. The first-order valence-electron chi connectivity index (χ1n) is 5.98. The van der Waals surface area contributed by atoms with Crippen LogP contribution < -0.4 is 5.32 Å². The monoisotopic (exact) mass is 408 g/mol. The van der Waals surface area contributed by atoms with E-state index in [4.69, 9.17) is 0 Å². The molecule has 2 heterocycles. The number of halogens is 2. The van der Waals surface area contributed by atoms with Crippen molar-refractivity contribution in [3.05, 3.63) is 19.2 Å². The van der Waals surface area contributed by atoms with Crippen molar-refractivity contribution in [2.75, 3.05) is 20.1 Å². The van der Waals surface area contributed by atoms with Gasteiger partial charge in [0.15, 0.2) is 0 Å². The Labute approximate surface area is 132 Å². The van der Waals surface area contributed by atoms with Gasteiger partial charge in [0.05, 0.1) is 8.66 Å². The summed E-state index contributed by atoms with van der Waals surface area (Å²) >= 11 is 8.21. The van der Waals surface area contributed by atoms with Crippen LogP contribution >= 0.6 is 43.2 Å². The predicted octanol–water partition coefficient (Wildman–Crippen LogP) is 2.87. The van der Waals surface area contributed by atoms with Gasteiger partial charge in [-0.25, -0.2) is 0 Å². The molecule has 0 atom stereocenters. The Morgan fingerprint density at radius 1 is 1.37 bits per heavy atom. The minimum atomic E-state index is 0.0378. The van der Waals surface area contributed by atoms with E-state index in [1.165, 1.54) is 11.3 Å². The highest BCUT2D eigenvalue weighted by molar-refractivity contribution is 9.13. The van der Waals surface area contributed by atoms with Crippen LogP contribution in [0.4, 0.5) is 0 Å². The molecule has 0 saturated carbocycles. The molecule has 2 rings (SSSR count). The van der Waals surface area contributed by atoms with Crippen LogP contribution in [0.15, 0.2) is 14.3 Å². The number of thiophene rings is 1. The summed E-state index contributed by atoms with van der Waals surface area (Å²) in [7, 11) is 1.65. The zero-order chi connectivity index (χ0) is 14.0. The van der Waals surface area contributed by atoms with Crippen LogP contribution in [0.2, 0.25) is 0 Å². The molecule has 7 heteroatoms. The quantitative estimate of drug-likeness (QED) is 0.816. The molecule has 0 spiro atoms. The number of hydrogen-bond donors (Lipinski definition) is 1. The highest BCUT2D eigenvalue weighted by atomic mass is 79.9. The Balaban J connectivity index is 1.98. The third-order valence-electron chi connectivity index (χ3n) is 3.26. The van der Waals surface area contributed by atoms with Crippen molar-refractivity contribution in [2.24, 2.45) is 5.92 Å². The summed E-state index contributed by atoms with van der Waals surface area (Å²) < 4.78 is 1.83. The summed E-state index contributed by atoms with van der Waals surface area (Å²) in [4.78, 5) is 26.4. The molecule has 0 radical (unpaired) electrons. The molecule has 1 aliphatic rings. The first-order chi connectivity index (χ1) is 9.02. The minimum absolute atomic E-state index is 0.0378. The number of hydrogen-bond acceptors (Lipinski definition) is 3. The molecule has 0 bridgehead atoms. The molecule has 1 aromatic heterocycles. The lowest BCUT2D eigenvalue weighted by Crippen LogP contribution is -2.42. The van der Waals surface area contributed by atoms with Crippen LogP contribution in [0.3, 0.4) is 0 Å². The van der Waals surface area contributed by atoms with Crippen molar-refractivity contribution in [1.82, 2.24) is 10.2 Å². The Hall–Kier alpha value is -0.400. The van der Waals surface area contributed by atoms with Gasteiger partial charge in [0.1, 0.15) is 0 Å². The van der Waals surface area contributed by atoms with Crippen molar-refractivity contribution in [1.29, 1.82) is 0 Å². The van der Waals surface area contributed by atoms with E-state index in [0.717, 1.165) is 26.0 Å². The second kappa shape index (κ2) is 6.37. The fourth-order valence-corrected chi connectivity index (χ4v) is 4.16. The van der Waals surface area contributed by atoms with Gasteiger partial charge in [-0.2, -0.15) is 0 Å². The number of piperidine rings is 1. The van der Waals surface area contributed by atoms with E-state index in [2.05, 4.69) is 37.2 Å². The van der Waals surface area contributed by atoms with E-state index >= 15 is 0 Å². The van der Waals surface area contributed by atoms with Crippen LogP contribution in [-0.2, 0) is 4.79 Å². The van der Waals surface area contributed by atoms with Crippen LogP contribution in [0.5, 0.6) is 0 Å². The third kappa shape index (κ3) is 3.38. The zero-order valence-electron chi connectivity index (χ0n) is 10.4. The second-order valence-corrected chi connectivity index (χ2v) is 7.64. The fourth-order valence-electron chi connectivity index (χ4n) is 2.16. The third-order valence-corrected chi connectivity index (χ3v) is 6.50. The molecule has 1 aromatic rings. The Bertz CT molecular complexity index is 476. The summed E-state index contributed by atoms with van der Waals surface area (Å²) in [5, 5.41) is 2.67. The summed E-state index contributed by atoms with van der Waals surface area (Å²) in [5.74, 6) is 0.163. The maximum Gasteiger partial charge on any atom is 0.264 e. The predicted molar refractivity (Wildman–Crippen MR) is 82.4 cm³/mol. The number of likely N-dealkylation sites (tertiary alicyclic amines) is 1. The molecule has 2 amide bonds. The summed E-state index contributed by atoms with van der Waals surface area (Å²) in [6, 6.07) is 1.84. The maximum absolute atomic E-state index is 12.3. The van der Waals surface area contributed by atoms with Crippen LogP contribution in [-0.4, -0.2) is 36.9 Å². The number of nitrogens with one attached hydrogen (secondary N) is 1. The molecule has 104 valence electrons. The van der Waals surface area contributed by atoms with E-state index in [0.29, 0.717) is 13.1 Å².